The zero-order valence-corrected chi connectivity index (χ0v) is 9.40. The smallest absolute Gasteiger partial charge is 0.181 e. The van der Waals surface area contributed by atoms with Crippen molar-refractivity contribution in [2.75, 3.05) is 0 Å². The molecule has 0 aliphatic rings. The second-order valence-corrected chi connectivity index (χ2v) is 3.79. The number of ketones is 1. The highest BCUT2D eigenvalue weighted by atomic mass is 16.3. The summed E-state index contributed by atoms with van der Waals surface area (Å²) in [6.07, 6.45) is 2.87. The van der Waals surface area contributed by atoms with Crippen molar-refractivity contribution in [1.29, 1.82) is 0 Å². The Kier molecular flexibility index (Phi) is 3.57. The Balaban J connectivity index is 2.76. The topological polar surface area (TPSA) is 68.0 Å². The van der Waals surface area contributed by atoms with E-state index in [4.69, 9.17) is 0 Å². The summed E-state index contributed by atoms with van der Waals surface area (Å²) in [6, 6.07) is 0. The van der Waals surface area contributed by atoms with Crippen molar-refractivity contribution in [3.63, 3.8) is 0 Å². The Morgan fingerprint density at radius 2 is 2.13 bits per heavy atom. The van der Waals surface area contributed by atoms with E-state index in [1.54, 1.807) is 6.20 Å². The summed E-state index contributed by atoms with van der Waals surface area (Å²) in [7, 11) is 0. The van der Waals surface area contributed by atoms with E-state index in [9.17, 15) is 9.90 Å². The van der Waals surface area contributed by atoms with Gasteiger partial charge < -0.3 is 5.11 Å². The van der Waals surface area contributed by atoms with Crippen LogP contribution >= 0.6 is 0 Å². The van der Waals surface area contributed by atoms with Gasteiger partial charge in [0.2, 0.25) is 0 Å². The van der Waals surface area contributed by atoms with Crippen LogP contribution < -0.4 is 0 Å². The molecule has 0 fully saturated rings. The van der Waals surface area contributed by atoms with Gasteiger partial charge in [0.05, 0.1) is 18.3 Å². The van der Waals surface area contributed by atoms with Gasteiger partial charge in [-0.05, 0) is 12.8 Å². The fraction of sp³-hybridized carbons (Fsp3) is 0.700. The largest absolute Gasteiger partial charge is 0.388 e. The highest BCUT2D eigenvalue weighted by Crippen LogP contribution is 2.16. The van der Waals surface area contributed by atoms with Gasteiger partial charge in [0, 0.05) is 6.92 Å². The summed E-state index contributed by atoms with van der Waals surface area (Å²) < 4.78 is 1.52. The van der Waals surface area contributed by atoms with Crippen LogP contribution in [0.25, 0.3) is 0 Å². The van der Waals surface area contributed by atoms with Crippen molar-refractivity contribution in [2.24, 2.45) is 0 Å². The molecule has 0 aromatic carbocycles. The lowest BCUT2D eigenvalue weighted by Gasteiger charge is -2.24. The Hall–Kier alpha value is -1.23. The molecule has 15 heavy (non-hydrogen) atoms. The van der Waals surface area contributed by atoms with Crippen molar-refractivity contribution in [3.8, 4) is 0 Å². The van der Waals surface area contributed by atoms with Gasteiger partial charge >= 0.3 is 0 Å². The number of aliphatic hydroxyl groups is 1. The first-order chi connectivity index (χ1) is 7.00. The summed E-state index contributed by atoms with van der Waals surface area (Å²) in [5.41, 5.74) is -0.425. The molecule has 1 aromatic heterocycles. The maximum atomic E-state index is 11.0. The van der Waals surface area contributed by atoms with E-state index in [0.717, 1.165) is 0 Å². The lowest BCUT2D eigenvalue weighted by atomic mass is 9.98. The van der Waals surface area contributed by atoms with E-state index < -0.39 is 5.60 Å². The summed E-state index contributed by atoms with van der Waals surface area (Å²) in [5.74, 6) is -0.113. The van der Waals surface area contributed by atoms with E-state index in [1.807, 2.05) is 13.8 Å². The van der Waals surface area contributed by atoms with Crippen molar-refractivity contribution >= 4 is 5.78 Å². The van der Waals surface area contributed by atoms with Crippen LogP contribution in [0.15, 0.2) is 6.20 Å². The normalized spacial score (nSPS) is 11.7. The summed E-state index contributed by atoms with van der Waals surface area (Å²) in [4.78, 5) is 11.0. The molecule has 0 unspecified atom stereocenters. The maximum absolute atomic E-state index is 11.0. The van der Waals surface area contributed by atoms with E-state index in [1.165, 1.54) is 11.6 Å². The Morgan fingerprint density at radius 3 is 2.53 bits per heavy atom. The molecule has 0 bridgehead atoms. The first kappa shape index (κ1) is 11.8. The molecular formula is C10H17N3O2. The monoisotopic (exact) mass is 211 g/mol. The molecule has 1 heterocycles. The number of hydrogen-bond donors (Lipinski definition) is 1. The molecule has 5 nitrogen and oxygen atoms in total. The molecule has 84 valence electrons. The van der Waals surface area contributed by atoms with Gasteiger partial charge in [-0.15, -0.1) is 5.10 Å². The fourth-order valence-corrected chi connectivity index (χ4v) is 1.31. The van der Waals surface area contributed by atoms with Crippen LogP contribution in [0.2, 0.25) is 0 Å². The molecule has 1 rings (SSSR count). The van der Waals surface area contributed by atoms with Crippen LogP contribution in [0.3, 0.4) is 0 Å². The fourth-order valence-electron chi connectivity index (χ4n) is 1.31. The standard InChI is InChI=1S/C10H17N3O2/c1-4-10(15,5-2)7-13-6-9(8(3)14)11-12-13/h6,15H,4-5,7H2,1-3H3. The van der Waals surface area contributed by atoms with Crippen LogP contribution in [0.5, 0.6) is 0 Å². The predicted molar refractivity (Wildman–Crippen MR) is 55.6 cm³/mol. The highest BCUT2D eigenvalue weighted by molar-refractivity contribution is 5.91. The Labute approximate surface area is 89.1 Å². The predicted octanol–water partition coefficient (Wildman–Crippen LogP) is 1.03. The number of nitrogens with zero attached hydrogens (tertiary/aromatic N) is 3. The third-order valence-corrected chi connectivity index (χ3v) is 2.67. The van der Waals surface area contributed by atoms with Gasteiger partial charge in [-0.1, -0.05) is 19.1 Å². The zero-order valence-electron chi connectivity index (χ0n) is 9.40. The van der Waals surface area contributed by atoms with Gasteiger partial charge in [0.1, 0.15) is 5.69 Å². The van der Waals surface area contributed by atoms with Crippen molar-refractivity contribution in [2.45, 2.75) is 45.8 Å². The van der Waals surface area contributed by atoms with Crippen molar-refractivity contribution in [1.82, 2.24) is 15.0 Å². The van der Waals surface area contributed by atoms with Gasteiger partial charge in [-0.3, -0.25) is 4.79 Å². The number of rotatable bonds is 5. The number of carbonyl (C=O) groups is 1. The summed E-state index contributed by atoms with van der Waals surface area (Å²) in [5, 5.41) is 17.6. The van der Waals surface area contributed by atoms with Crippen LogP contribution in [0.4, 0.5) is 0 Å². The number of Topliss-reactive ketones (excluding diaryl/α,β-unsaturated/α-hetero) is 1. The molecule has 0 spiro atoms. The molecule has 5 heteroatoms. The Bertz CT molecular complexity index is 342. The quantitative estimate of drug-likeness (QED) is 0.739. The van der Waals surface area contributed by atoms with E-state index in [0.29, 0.717) is 25.1 Å². The van der Waals surface area contributed by atoms with Gasteiger partial charge in [-0.25, -0.2) is 4.68 Å². The lowest BCUT2D eigenvalue weighted by Crippen LogP contribution is -2.32. The van der Waals surface area contributed by atoms with Crippen molar-refractivity contribution < 1.29 is 9.90 Å². The van der Waals surface area contributed by atoms with Crippen molar-refractivity contribution in [3.05, 3.63) is 11.9 Å². The maximum Gasteiger partial charge on any atom is 0.181 e. The molecule has 0 aliphatic heterocycles. The third kappa shape index (κ3) is 2.86. The number of aromatic nitrogens is 3. The van der Waals surface area contributed by atoms with Crippen LogP contribution in [-0.4, -0.2) is 31.5 Å². The summed E-state index contributed by atoms with van der Waals surface area (Å²) >= 11 is 0. The Morgan fingerprint density at radius 1 is 1.53 bits per heavy atom. The van der Waals surface area contributed by atoms with Crippen LogP contribution in [0, 0.1) is 0 Å². The lowest BCUT2D eigenvalue weighted by molar-refractivity contribution is 0.0114. The minimum absolute atomic E-state index is 0.113. The molecule has 0 saturated heterocycles. The van der Waals surface area contributed by atoms with E-state index in [-0.39, 0.29) is 5.78 Å². The minimum Gasteiger partial charge on any atom is -0.388 e. The first-order valence-electron chi connectivity index (χ1n) is 5.14. The average molecular weight is 211 g/mol. The second-order valence-electron chi connectivity index (χ2n) is 3.79. The van der Waals surface area contributed by atoms with E-state index in [2.05, 4.69) is 10.3 Å². The van der Waals surface area contributed by atoms with Crippen LogP contribution in [-0.2, 0) is 6.54 Å². The first-order valence-corrected chi connectivity index (χ1v) is 5.14. The molecular weight excluding hydrogens is 194 g/mol. The molecule has 1 aromatic rings. The van der Waals surface area contributed by atoms with Gasteiger partial charge in [-0.2, -0.15) is 0 Å². The van der Waals surface area contributed by atoms with Crippen LogP contribution in [0.1, 0.15) is 44.1 Å². The molecule has 0 atom stereocenters. The van der Waals surface area contributed by atoms with Gasteiger partial charge in [0.15, 0.2) is 5.78 Å². The van der Waals surface area contributed by atoms with E-state index >= 15 is 0 Å². The summed E-state index contributed by atoms with van der Waals surface area (Å²) in [6.45, 7) is 5.67. The van der Waals surface area contributed by atoms with Gasteiger partial charge in [0.25, 0.3) is 0 Å². The number of hydrogen-bond acceptors (Lipinski definition) is 4. The molecule has 0 saturated carbocycles. The highest BCUT2D eigenvalue weighted by Gasteiger charge is 2.23. The average Bonchev–Trinajstić information content (AvgIpc) is 2.66. The molecule has 1 N–H and O–H groups in total. The SMILES string of the molecule is CCC(O)(CC)Cn1cc(C(C)=O)nn1. The molecule has 0 amide bonds. The molecule has 0 aliphatic carbocycles. The third-order valence-electron chi connectivity index (χ3n) is 2.67. The second kappa shape index (κ2) is 4.53. The zero-order chi connectivity index (χ0) is 11.5. The molecule has 0 radical (unpaired) electrons. The minimum atomic E-state index is -0.762. The number of carbonyl (C=O) groups excluding carboxylic acids is 1.